The number of hydrogen-bond acceptors (Lipinski definition) is 6. The molecule has 0 saturated carbocycles. The average Bonchev–Trinajstić information content (AvgIpc) is 2.60. The van der Waals surface area contributed by atoms with Crippen LogP contribution >= 0.6 is 24.0 Å². The zero-order valence-corrected chi connectivity index (χ0v) is 18.7. The highest BCUT2D eigenvalue weighted by Gasteiger charge is 2.24. The molecule has 11 heteroatoms. The number of amides is 1. The first-order chi connectivity index (χ1) is 11.9. The summed E-state index contributed by atoms with van der Waals surface area (Å²) >= 11 is 0. The molecule has 0 unspecified atom stereocenters. The van der Waals surface area contributed by atoms with Crippen LogP contribution in [0.5, 0.6) is 0 Å². The molecule has 2 saturated heterocycles. The van der Waals surface area contributed by atoms with Gasteiger partial charge in [0.1, 0.15) is 0 Å². The van der Waals surface area contributed by atoms with Crippen LogP contribution in [0, 0.1) is 0 Å². The zero-order chi connectivity index (χ0) is 18.3. The number of aliphatic imine (C=N–C) groups is 1. The second-order valence-electron chi connectivity index (χ2n) is 6.14. The standard InChI is InChI=1S/C15H29N5O4S.HI/c1-3-24-15(21)20-8-6-19(7-9-20)14(16-2)17-4-5-18-10-12-25(22,23)13-11-18;/h3-13H2,1-2H3,(H,16,17);1H. The van der Waals surface area contributed by atoms with Gasteiger partial charge in [-0.05, 0) is 6.92 Å². The van der Waals surface area contributed by atoms with Crippen LogP contribution in [0.25, 0.3) is 0 Å². The predicted octanol–water partition coefficient (Wildman–Crippen LogP) is -0.316. The topological polar surface area (TPSA) is 94.6 Å². The van der Waals surface area contributed by atoms with Gasteiger partial charge in [0.25, 0.3) is 0 Å². The third-order valence-corrected chi connectivity index (χ3v) is 6.07. The van der Waals surface area contributed by atoms with Gasteiger partial charge >= 0.3 is 6.09 Å². The van der Waals surface area contributed by atoms with Crippen molar-refractivity contribution in [3.63, 3.8) is 0 Å². The molecule has 0 atom stereocenters. The zero-order valence-electron chi connectivity index (χ0n) is 15.5. The Bertz CT molecular complexity index is 565. The molecule has 0 aliphatic carbocycles. The summed E-state index contributed by atoms with van der Waals surface area (Å²) in [6.45, 7) is 7.54. The van der Waals surface area contributed by atoms with E-state index in [4.69, 9.17) is 4.74 Å². The van der Waals surface area contributed by atoms with Gasteiger partial charge in [-0.2, -0.15) is 0 Å². The van der Waals surface area contributed by atoms with E-state index in [-0.39, 0.29) is 41.6 Å². The van der Waals surface area contributed by atoms with Crippen molar-refractivity contribution in [2.75, 3.05) is 77.5 Å². The molecule has 152 valence electrons. The summed E-state index contributed by atoms with van der Waals surface area (Å²) in [6.07, 6.45) is -0.259. The molecule has 2 aliphatic heterocycles. The van der Waals surface area contributed by atoms with Gasteiger partial charge in [0.05, 0.1) is 18.1 Å². The molecule has 26 heavy (non-hydrogen) atoms. The Morgan fingerprint density at radius 3 is 2.19 bits per heavy atom. The van der Waals surface area contributed by atoms with Crippen LogP contribution in [0.2, 0.25) is 0 Å². The molecule has 2 heterocycles. The molecule has 9 nitrogen and oxygen atoms in total. The molecular formula is C15H30IN5O4S. The maximum absolute atomic E-state index is 11.7. The number of guanidine groups is 1. The number of ether oxygens (including phenoxy) is 1. The van der Waals surface area contributed by atoms with E-state index < -0.39 is 9.84 Å². The second-order valence-corrected chi connectivity index (χ2v) is 8.44. The number of sulfone groups is 1. The van der Waals surface area contributed by atoms with Crippen LogP contribution in [-0.4, -0.2) is 113 Å². The quantitative estimate of drug-likeness (QED) is 0.320. The fraction of sp³-hybridized carbons (Fsp3) is 0.867. The lowest BCUT2D eigenvalue weighted by Gasteiger charge is -2.36. The Morgan fingerprint density at radius 2 is 1.65 bits per heavy atom. The van der Waals surface area contributed by atoms with Gasteiger partial charge < -0.3 is 19.9 Å². The van der Waals surface area contributed by atoms with Crippen LogP contribution < -0.4 is 5.32 Å². The van der Waals surface area contributed by atoms with E-state index in [0.717, 1.165) is 12.5 Å². The van der Waals surface area contributed by atoms with Crippen molar-refractivity contribution in [2.24, 2.45) is 4.99 Å². The highest BCUT2D eigenvalue weighted by Crippen LogP contribution is 2.05. The van der Waals surface area contributed by atoms with Crippen molar-refractivity contribution >= 4 is 45.9 Å². The molecule has 0 bridgehead atoms. The number of halogens is 1. The monoisotopic (exact) mass is 503 g/mol. The fourth-order valence-corrected chi connectivity index (χ4v) is 4.22. The fourth-order valence-electron chi connectivity index (χ4n) is 2.95. The normalized spacial score (nSPS) is 21.1. The molecule has 0 aromatic heterocycles. The molecule has 0 radical (unpaired) electrons. The van der Waals surface area contributed by atoms with Crippen LogP contribution in [-0.2, 0) is 14.6 Å². The van der Waals surface area contributed by atoms with E-state index >= 15 is 0 Å². The summed E-state index contributed by atoms with van der Waals surface area (Å²) in [5, 5.41) is 3.33. The maximum Gasteiger partial charge on any atom is 0.409 e. The average molecular weight is 503 g/mol. The van der Waals surface area contributed by atoms with Gasteiger partial charge in [0.2, 0.25) is 0 Å². The number of carbonyl (C=O) groups excluding carboxylic acids is 1. The highest BCUT2D eigenvalue weighted by atomic mass is 127. The Morgan fingerprint density at radius 1 is 1.08 bits per heavy atom. The van der Waals surface area contributed by atoms with Crippen LogP contribution in [0.1, 0.15) is 6.92 Å². The van der Waals surface area contributed by atoms with E-state index in [2.05, 4.69) is 20.1 Å². The molecule has 2 fully saturated rings. The largest absolute Gasteiger partial charge is 0.450 e. The Labute approximate surface area is 173 Å². The number of rotatable bonds is 4. The highest BCUT2D eigenvalue weighted by molar-refractivity contribution is 14.0. The molecule has 0 aromatic carbocycles. The van der Waals surface area contributed by atoms with Crippen molar-refractivity contribution in [2.45, 2.75) is 6.92 Å². The summed E-state index contributed by atoms with van der Waals surface area (Å²) in [6, 6.07) is 0. The number of carbonyl (C=O) groups is 1. The van der Waals surface area contributed by atoms with E-state index in [0.29, 0.717) is 52.4 Å². The van der Waals surface area contributed by atoms with Gasteiger partial charge in [0, 0.05) is 59.4 Å². The molecule has 0 aromatic rings. The molecule has 1 amide bonds. The van der Waals surface area contributed by atoms with E-state index in [9.17, 15) is 13.2 Å². The summed E-state index contributed by atoms with van der Waals surface area (Å²) in [5.74, 6) is 1.31. The molecule has 2 rings (SSSR count). The minimum atomic E-state index is -2.83. The number of nitrogens with zero attached hydrogens (tertiary/aromatic N) is 4. The number of hydrogen-bond donors (Lipinski definition) is 1. The van der Waals surface area contributed by atoms with Gasteiger partial charge in [-0.3, -0.25) is 9.89 Å². The Kier molecular flexibility index (Phi) is 9.93. The first-order valence-electron chi connectivity index (χ1n) is 8.75. The van der Waals surface area contributed by atoms with Crippen LogP contribution in [0.4, 0.5) is 4.79 Å². The molecule has 0 spiro atoms. The summed E-state index contributed by atoms with van der Waals surface area (Å²) in [4.78, 5) is 22.0. The maximum atomic E-state index is 11.7. The third kappa shape index (κ3) is 7.06. The predicted molar refractivity (Wildman–Crippen MR) is 112 cm³/mol. The SMILES string of the molecule is CCOC(=O)N1CCN(C(=NC)NCCN2CCS(=O)(=O)CC2)CC1.I. The van der Waals surface area contributed by atoms with E-state index in [1.54, 1.807) is 18.9 Å². The first kappa shape index (κ1) is 23.2. The van der Waals surface area contributed by atoms with Crippen LogP contribution in [0.3, 0.4) is 0 Å². The van der Waals surface area contributed by atoms with Crippen molar-refractivity contribution in [3.05, 3.63) is 0 Å². The lowest BCUT2D eigenvalue weighted by Crippen LogP contribution is -2.54. The third-order valence-electron chi connectivity index (χ3n) is 4.47. The van der Waals surface area contributed by atoms with Crippen molar-refractivity contribution in [1.82, 2.24) is 20.0 Å². The Hall–Kier alpha value is -0.820. The van der Waals surface area contributed by atoms with Crippen molar-refractivity contribution in [1.29, 1.82) is 0 Å². The summed E-state index contributed by atoms with van der Waals surface area (Å²) < 4.78 is 27.9. The lowest BCUT2D eigenvalue weighted by atomic mass is 10.3. The van der Waals surface area contributed by atoms with Crippen molar-refractivity contribution in [3.8, 4) is 0 Å². The minimum absolute atomic E-state index is 0. The van der Waals surface area contributed by atoms with Gasteiger partial charge in [-0.25, -0.2) is 13.2 Å². The molecule has 2 aliphatic rings. The van der Waals surface area contributed by atoms with E-state index in [1.165, 1.54) is 0 Å². The van der Waals surface area contributed by atoms with Gasteiger partial charge in [0.15, 0.2) is 15.8 Å². The molecular weight excluding hydrogens is 473 g/mol. The molecule has 1 N–H and O–H groups in total. The Balaban J connectivity index is 0.00000338. The lowest BCUT2D eigenvalue weighted by molar-refractivity contribution is 0.0914. The first-order valence-corrected chi connectivity index (χ1v) is 10.6. The van der Waals surface area contributed by atoms with Crippen LogP contribution in [0.15, 0.2) is 4.99 Å². The number of piperazine rings is 1. The van der Waals surface area contributed by atoms with E-state index in [1.807, 2.05) is 0 Å². The minimum Gasteiger partial charge on any atom is -0.450 e. The smallest absolute Gasteiger partial charge is 0.409 e. The van der Waals surface area contributed by atoms with Crippen molar-refractivity contribution < 1.29 is 17.9 Å². The van der Waals surface area contributed by atoms with Gasteiger partial charge in [-0.15, -0.1) is 24.0 Å². The van der Waals surface area contributed by atoms with Gasteiger partial charge in [-0.1, -0.05) is 0 Å². The summed E-state index contributed by atoms with van der Waals surface area (Å²) in [5.41, 5.74) is 0. The second kappa shape index (κ2) is 11.1. The summed E-state index contributed by atoms with van der Waals surface area (Å²) in [7, 11) is -1.09. The number of nitrogens with one attached hydrogen (secondary N) is 1.